The molecule has 0 aromatic carbocycles. The first-order chi connectivity index (χ1) is 8.99. The number of aromatic nitrogens is 1. The van der Waals surface area contributed by atoms with E-state index in [0.717, 1.165) is 0 Å². The molecule has 2 rings (SSSR count). The molecule has 1 aromatic rings. The number of nitrogens with two attached hydrogens (primary N) is 1. The fourth-order valence-electron chi connectivity index (χ4n) is 2.18. The van der Waals surface area contributed by atoms with E-state index < -0.39 is 25.6 Å². The highest BCUT2D eigenvalue weighted by Gasteiger charge is 2.46. The number of hydrogen-bond donors (Lipinski definition) is 1. The van der Waals surface area contributed by atoms with Crippen molar-refractivity contribution in [2.45, 2.75) is 31.1 Å². The molecule has 0 saturated carbocycles. The van der Waals surface area contributed by atoms with Crippen LogP contribution < -0.4 is 5.73 Å². The van der Waals surface area contributed by atoms with Crippen molar-refractivity contribution >= 4 is 37.2 Å². The van der Waals surface area contributed by atoms with Crippen LogP contribution in [0.15, 0.2) is 21.7 Å². The molecule has 2 atom stereocenters. The zero-order chi connectivity index (χ0) is 15.3. The molecule has 0 bridgehead atoms. The van der Waals surface area contributed by atoms with Crippen LogP contribution in [0.25, 0.3) is 0 Å². The smallest absolute Gasteiger partial charge is 0.147 e. The van der Waals surface area contributed by atoms with Crippen LogP contribution in [-0.4, -0.2) is 31.4 Å². The van der Waals surface area contributed by atoms with E-state index in [0.29, 0.717) is 4.60 Å². The predicted octanol–water partition coefficient (Wildman–Crippen LogP) is 2.06. The minimum absolute atomic E-state index is 0.105. The van der Waals surface area contributed by atoms with Crippen LogP contribution in [0.1, 0.15) is 26.5 Å². The molecule has 4 nitrogen and oxygen atoms in total. The summed E-state index contributed by atoms with van der Waals surface area (Å²) in [5, 5.41) is 0. The minimum Gasteiger partial charge on any atom is -0.386 e. The van der Waals surface area contributed by atoms with Gasteiger partial charge in [0, 0.05) is 5.75 Å². The fraction of sp³-hybridized carbons (Fsp3) is 0.462. The Morgan fingerprint density at radius 2 is 2.05 bits per heavy atom. The van der Waals surface area contributed by atoms with Crippen LogP contribution in [-0.2, 0) is 15.1 Å². The van der Waals surface area contributed by atoms with Crippen molar-refractivity contribution in [3.05, 3.63) is 28.2 Å². The van der Waals surface area contributed by atoms with Crippen molar-refractivity contribution < 1.29 is 8.60 Å². The fourth-order valence-corrected chi connectivity index (χ4v) is 4.38. The summed E-state index contributed by atoms with van der Waals surface area (Å²) >= 11 is 3.21. The molecule has 110 valence electrons. The van der Waals surface area contributed by atoms with Gasteiger partial charge in [-0.05, 0) is 64.2 Å². The summed E-state index contributed by atoms with van der Waals surface area (Å²) in [6.45, 7) is 5.16. The Morgan fingerprint density at radius 3 is 2.60 bits per heavy atom. The molecule has 2 heterocycles. The van der Waals surface area contributed by atoms with E-state index in [-0.39, 0.29) is 17.3 Å². The van der Waals surface area contributed by atoms with Gasteiger partial charge in [0.05, 0.1) is 4.75 Å². The third-order valence-corrected chi connectivity index (χ3v) is 7.29. The molecule has 0 fully saturated rings. The molecule has 1 aromatic heterocycles. The standard InChI is InChI=1S/C13H17BrFN3OS/c1-12(2)11(16)18-13(3,7-20(12,4)19)10-8(15)5-6-9(14)17-10/h5-6H,4,7H2,1-3H3,(H2,16,18)/t13-,20?/m0/s1. The van der Waals surface area contributed by atoms with Crippen molar-refractivity contribution in [1.29, 1.82) is 0 Å². The second-order valence-electron chi connectivity index (χ2n) is 5.70. The largest absolute Gasteiger partial charge is 0.386 e. The van der Waals surface area contributed by atoms with Crippen molar-refractivity contribution in [1.82, 2.24) is 4.98 Å². The Bertz CT molecular complexity index is 700. The lowest BCUT2D eigenvalue weighted by molar-refractivity contribution is 0.474. The molecule has 0 aliphatic carbocycles. The lowest BCUT2D eigenvalue weighted by Gasteiger charge is -2.40. The molecule has 1 unspecified atom stereocenters. The number of hydrogen-bond acceptors (Lipinski definition) is 4. The van der Waals surface area contributed by atoms with E-state index in [4.69, 9.17) is 5.73 Å². The Hall–Kier alpha value is -0.950. The van der Waals surface area contributed by atoms with Gasteiger partial charge in [-0.25, -0.2) is 9.37 Å². The Kier molecular flexibility index (Phi) is 3.49. The van der Waals surface area contributed by atoms with Gasteiger partial charge in [-0.2, -0.15) is 0 Å². The Balaban J connectivity index is 2.69. The van der Waals surface area contributed by atoms with Gasteiger partial charge >= 0.3 is 0 Å². The van der Waals surface area contributed by atoms with Crippen LogP contribution >= 0.6 is 15.9 Å². The van der Waals surface area contributed by atoms with E-state index in [1.807, 2.05) is 0 Å². The quantitative estimate of drug-likeness (QED) is 0.614. The first-order valence-corrected chi connectivity index (χ1v) is 8.71. The molecule has 1 aliphatic heterocycles. The molecule has 0 spiro atoms. The number of nitrogens with zero attached hydrogens (tertiary/aromatic N) is 2. The summed E-state index contributed by atoms with van der Waals surface area (Å²) in [6.07, 6.45) is 0. The summed E-state index contributed by atoms with van der Waals surface area (Å²) in [5.74, 6) is 3.63. The minimum atomic E-state index is -2.57. The molecule has 1 aliphatic rings. The topological polar surface area (TPSA) is 68.3 Å². The Labute approximate surface area is 126 Å². The number of rotatable bonds is 1. The Morgan fingerprint density at radius 1 is 1.45 bits per heavy atom. The van der Waals surface area contributed by atoms with E-state index >= 15 is 0 Å². The molecular weight excluding hydrogens is 345 g/mol. The number of amidine groups is 1. The zero-order valence-corrected chi connectivity index (χ0v) is 14.0. The zero-order valence-electron chi connectivity index (χ0n) is 11.6. The first-order valence-electron chi connectivity index (χ1n) is 6.02. The van der Waals surface area contributed by atoms with Gasteiger partial charge in [-0.15, -0.1) is 0 Å². The molecule has 0 saturated heterocycles. The van der Waals surface area contributed by atoms with Crippen LogP contribution in [0.2, 0.25) is 0 Å². The highest BCUT2D eigenvalue weighted by atomic mass is 79.9. The first kappa shape index (κ1) is 15.4. The molecule has 2 N–H and O–H groups in total. The predicted molar refractivity (Wildman–Crippen MR) is 85.1 cm³/mol. The SMILES string of the molecule is C=S1(=O)C[C@@](C)(c2nc(Br)ccc2F)N=C(N)C1(C)C. The monoisotopic (exact) mass is 361 g/mol. The molecular formula is C13H17BrFN3OS. The summed E-state index contributed by atoms with van der Waals surface area (Å²) < 4.78 is 26.6. The van der Waals surface area contributed by atoms with Gasteiger partial charge in [-0.1, -0.05) is 0 Å². The highest BCUT2D eigenvalue weighted by Crippen LogP contribution is 2.37. The van der Waals surface area contributed by atoms with Gasteiger partial charge in [0.1, 0.15) is 27.5 Å². The average molecular weight is 362 g/mol. The van der Waals surface area contributed by atoms with E-state index in [2.05, 4.69) is 31.8 Å². The van der Waals surface area contributed by atoms with Crippen LogP contribution in [0.5, 0.6) is 0 Å². The van der Waals surface area contributed by atoms with Crippen LogP contribution in [0, 0.1) is 5.82 Å². The normalized spacial score (nSPS) is 32.8. The summed E-state index contributed by atoms with van der Waals surface area (Å²) in [5.41, 5.74) is 5.01. The highest BCUT2D eigenvalue weighted by molar-refractivity contribution is 9.10. The maximum Gasteiger partial charge on any atom is 0.147 e. The third kappa shape index (κ3) is 2.26. The second-order valence-corrected chi connectivity index (χ2v) is 9.45. The van der Waals surface area contributed by atoms with E-state index in [1.165, 1.54) is 12.1 Å². The van der Waals surface area contributed by atoms with Crippen molar-refractivity contribution in [2.75, 3.05) is 5.75 Å². The third-order valence-electron chi connectivity index (χ3n) is 3.75. The number of halogens is 2. The van der Waals surface area contributed by atoms with Crippen molar-refractivity contribution in [3.63, 3.8) is 0 Å². The van der Waals surface area contributed by atoms with Gasteiger partial charge in [0.2, 0.25) is 0 Å². The summed E-state index contributed by atoms with van der Waals surface area (Å²) in [4.78, 5) is 8.53. The van der Waals surface area contributed by atoms with Gasteiger partial charge < -0.3 is 5.73 Å². The maximum atomic E-state index is 14.1. The van der Waals surface area contributed by atoms with Crippen molar-refractivity contribution in [3.8, 4) is 0 Å². The molecule has 0 amide bonds. The second kappa shape index (κ2) is 4.53. The van der Waals surface area contributed by atoms with Gasteiger partial charge in [-0.3, -0.25) is 9.20 Å². The lowest BCUT2D eigenvalue weighted by Crippen LogP contribution is -2.55. The van der Waals surface area contributed by atoms with E-state index in [1.54, 1.807) is 20.8 Å². The average Bonchev–Trinajstić information content (AvgIpc) is 2.29. The molecule has 20 heavy (non-hydrogen) atoms. The number of aliphatic imine (C=N–C) groups is 1. The molecule has 7 heteroatoms. The molecule has 0 radical (unpaired) electrons. The van der Waals surface area contributed by atoms with Crippen molar-refractivity contribution in [2.24, 2.45) is 10.7 Å². The lowest BCUT2D eigenvalue weighted by atomic mass is 9.98. The van der Waals surface area contributed by atoms with Crippen LogP contribution in [0.3, 0.4) is 0 Å². The van der Waals surface area contributed by atoms with Gasteiger partial charge in [0.25, 0.3) is 0 Å². The van der Waals surface area contributed by atoms with E-state index in [9.17, 15) is 8.60 Å². The summed E-state index contributed by atoms with van der Waals surface area (Å²) in [7, 11) is -2.57. The number of pyridine rings is 1. The maximum absolute atomic E-state index is 14.1. The summed E-state index contributed by atoms with van der Waals surface area (Å²) in [6, 6.07) is 2.80. The van der Waals surface area contributed by atoms with Crippen LogP contribution in [0.4, 0.5) is 4.39 Å². The van der Waals surface area contributed by atoms with Gasteiger partial charge in [0.15, 0.2) is 0 Å².